The van der Waals surface area contributed by atoms with Crippen LogP contribution in [0.4, 0.5) is 0 Å². The van der Waals surface area contributed by atoms with Gasteiger partial charge in [0.25, 0.3) is 0 Å². The second-order valence-electron chi connectivity index (χ2n) is 5.65. The van der Waals surface area contributed by atoms with Crippen LogP contribution >= 0.6 is 0 Å². The van der Waals surface area contributed by atoms with Crippen molar-refractivity contribution in [2.24, 2.45) is 5.92 Å². The Bertz CT molecular complexity index is 481. The van der Waals surface area contributed by atoms with Crippen LogP contribution in [0.1, 0.15) is 49.1 Å². The number of rotatable bonds is 2. The molecule has 2 unspecified atom stereocenters. The summed E-state index contributed by atoms with van der Waals surface area (Å²) in [4.78, 5) is 11.4. The Morgan fingerprint density at radius 1 is 1.21 bits per heavy atom. The summed E-state index contributed by atoms with van der Waals surface area (Å²) in [7, 11) is 0. The number of carboxylic acids is 1. The third-order valence-electron chi connectivity index (χ3n) is 4.44. The molecule has 0 saturated heterocycles. The van der Waals surface area contributed by atoms with Gasteiger partial charge in [0.1, 0.15) is 5.75 Å². The lowest BCUT2D eigenvalue weighted by atomic mass is 9.75. The lowest BCUT2D eigenvalue weighted by Gasteiger charge is -2.30. The fourth-order valence-corrected chi connectivity index (χ4v) is 3.44. The van der Waals surface area contributed by atoms with E-state index in [4.69, 9.17) is 4.74 Å². The smallest absolute Gasteiger partial charge is 0.307 e. The van der Waals surface area contributed by atoms with Gasteiger partial charge < -0.3 is 9.84 Å². The van der Waals surface area contributed by atoms with Crippen LogP contribution in [0.15, 0.2) is 18.2 Å². The van der Waals surface area contributed by atoms with Crippen LogP contribution in [0.5, 0.6) is 5.75 Å². The lowest BCUT2D eigenvalue weighted by molar-refractivity contribution is -0.143. The molecule has 3 heteroatoms. The molecule has 1 aliphatic carbocycles. The standard InChI is InChI=1S/C16H20O3/c17-16(18)14-6-2-1-5-13(14)11-7-8-15-12(10-11)4-3-9-19-15/h7-8,10,13-14H,1-6,9H2,(H,17,18). The normalized spacial score (nSPS) is 26.3. The predicted octanol–water partition coefficient (Wildman–Crippen LogP) is 3.37. The number of benzene rings is 1. The highest BCUT2D eigenvalue weighted by Crippen LogP contribution is 2.39. The summed E-state index contributed by atoms with van der Waals surface area (Å²) in [6.45, 7) is 0.799. The van der Waals surface area contributed by atoms with Gasteiger partial charge in [-0.25, -0.2) is 0 Å². The summed E-state index contributed by atoms with van der Waals surface area (Å²) in [6, 6.07) is 6.27. The zero-order valence-corrected chi connectivity index (χ0v) is 11.1. The molecule has 1 saturated carbocycles. The van der Waals surface area contributed by atoms with Crippen LogP contribution in [0.3, 0.4) is 0 Å². The third-order valence-corrected chi connectivity index (χ3v) is 4.44. The highest BCUT2D eigenvalue weighted by Gasteiger charge is 2.32. The quantitative estimate of drug-likeness (QED) is 0.886. The molecule has 2 atom stereocenters. The minimum absolute atomic E-state index is 0.179. The maximum atomic E-state index is 11.4. The Morgan fingerprint density at radius 3 is 2.89 bits per heavy atom. The molecule has 1 aliphatic heterocycles. The van der Waals surface area contributed by atoms with Gasteiger partial charge in [0.15, 0.2) is 0 Å². The van der Waals surface area contributed by atoms with E-state index >= 15 is 0 Å². The molecule has 3 nitrogen and oxygen atoms in total. The summed E-state index contributed by atoms with van der Waals surface area (Å²) in [5, 5.41) is 9.38. The molecule has 0 aromatic heterocycles. The van der Waals surface area contributed by atoms with Crippen LogP contribution in [0.25, 0.3) is 0 Å². The second kappa shape index (κ2) is 5.24. The topological polar surface area (TPSA) is 46.5 Å². The minimum Gasteiger partial charge on any atom is -0.493 e. The molecule has 2 aliphatic rings. The third kappa shape index (κ3) is 2.46. The number of hydrogen-bond acceptors (Lipinski definition) is 2. The van der Waals surface area contributed by atoms with E-state index in [0.29, 0.717) is 0 Å². The van der Waals surface area contributed by atoms with E-state index in [2.05, 4.69) is 12.1 Å². The molecule has 1 fully saturated rings. The summed E-state index contributed by atoms with van der Waals surface area (Å²) >= 11 is 0. The molecule has 0 bridgehead atoms. The van der Waals surface area contributed by atoms with Crippen molar-refractivity contribution in [1.82, 2.24) is 0 Å². The van der Waals surface area contributed by atoms with Gasteiger partial charge in [0.2, 0.25) is 0 Å². The Kier molecular flexibility index (Phi) is 3.45. The number of fused-ring (bicyclic) bond motifs is 1. The first kappa shape index (κ1) is 12.5. The molecular formula is C16H20O3. The number of aliphatic carboxylic acids is 1. The van der Waals surface area contributed by atoms with E-state index in [1.54, 1.807) is 0 Å². The highest BCUT2D eigenvalue weighted by molar-refractivity contribution is 5.71. The Morgan fingerprint density at radius 2 is 2.05 bits per heavy atom. The molecule has 1 N–H and O–H groups in total. The molecule has 0 radical (unpaired) electrons. The van der Waals surface area contributed by atoms with E-state index in [1.807, 2.05) is 6.07 Å². The summed E-state index contributed by atoms with van der Waals surface area (Å²) in [6.07, 6.45) is 6.10. The molecule has 1 aromatic rings. The van der Waals surface area contributed by atoms with E-state index in [-0.39, 0.29) is 11.8 Å². The number of carboxylic acid groups (broad SMARTS) is 1. The van der Waals surface area contributed by atoms with Crippen LogP contribution in [-0.4, -0.2) is 17.7 Å². The number of ether oxygens (including phenoxy) is 1. The van der Waals surface area contributed by atoms with Crippen LogP contribution in [-0.2, 0) is 11.2 Å². The Labute approximate surface area is 113 Å². The van der Waals surface area contributed by atoms with E-state index < -0.39 is 5.97 Å². The number of aryl methyl sites for hydroxylation is 1. The zero-order chi connectivity index (χ0) is 13.2. The SMILES string of the molecule is O=C(O)C1CCCCC1c1ccc2c(c1)CCCO2. The average molecular weight is 260 g/mol. The van der Waals surface area contributed by atoms with Crippen molar-refractivity contribution in [3.8, 4) is 5.75 Å². The monoisotopic (exact) mass is 260 g/mol. The molecule has 0 spiro atoms. The summed E-state index contributed by atoms with van der Waals surface area (Å²) < 4.78 is 5.62. The highest BCUT2D eigenvalue weighted by atomic mass is 16.5. The fraction of sp³-hybridized carbons (Fsp3) is 0.562. The molecule has 0 amide bonds. The number of hydrogen-bond donors (Lipinski definition) is 1. The second-order valence-corrected chi connectivity index (χ2v) is 5.65. The van der Waals surface area contributed by atoms with E-state index in [0.717, 1.165) is 50.9 Å². The van der Waals surface area contributed by atoms with Gasteiger partial charge in [-0.2, -0.15) is 0 Å². The molecule has 3 rings (SSSR count). The van der Waals surface area contributed by atoms with Crippen LogP contribution in [0, 0.1) is 5.92 Å². The van der Waals surface area contributed by atoms with Gasteiger partial charge in [0.05, 0.1) is 12.5 Å². The lowest BCUT2D eigenvalue weighted by Crippen LogP contribution is -2.25. The fourth-order valence-electron chi connectivity index (χ4n) is 3.44. The maximum Gasteiger partial charge on any atom is 0.307 e. The van der Waals surface area contributed by atoms with Gasteiger partial charge in [-0.3, -0.25) is 4.79 Å². The first-order valence-electron chi connectivity index (χ1n) is 7.24. The Balaban J connectivity index is 1.89. The molecule has 1 heterocycles. The van der Waals surface area contributed by atoms with Crippen molar-refractivity contribution in [3.05, 3.63) is 29.3 Å². The van der Waals surface area contributed by atoms with Gasteiger partial charge in [0, 0.05) is 0 Å². The largest absolute Gasteiger partial charge is 0.493 e. The van der Waals surface area contributed by atoms with E-state index in [9.17, 15) is 9.90 Å². The first-order chi connectivity index (χ1) is 9.25. The van der Waals surface area contributed by atoms with Crippen molar-refractivity contribution in [2.75, 3.05) is 6.61 Å². The van der Waals surface area contributed by atoms with Crippen molar-refractivity contribution >= 4 is 5.97 Å². The number of carbonyl (C=O) groups is 1. The van der Waals surface area contributed by atoms with Gasteiger partial charge in [-0.05, 0) is 48.8 Å². The summed E-state index contributed by atoms with van der Waals surface area (Å²) in [5.41, 5.74) is 2.44. The van der Waals surface area contributed by atoms with Crippen LogP contribution < -0.4 is 4.74 Å². The molecular weight excluding hydrogens is 240 g/mol. The van der Waals surface area contributed by atoms with Gasteiger partial charge >= 0.3 is 5.97 Å². The van der Waals surface area contributed by atoms with Crippen molar-refractivity contribution < 1.29 is 14.6 Å². The Hall–Kier alpha value is -1.51. The maximum absolute atomic E-state index is 11.4. The van der Waals surface area contributed by atoms with Crippen molar-refractivity contribution in [2.45, 2.75) is 44.4 Å². The predicted molar refractivity (Wildman–Crippen MR) is 72.6 cm³/mol. The molecule has 1 aromatic carbocycles. The zero-order valence-electron chi connectivity index (χ0n) is 11.1. The van der Waals surface area contributed by atoms with Crippen molar-refractivity contribution in [3.63, 3.8) is 0 Å². The molecule has 19 heavy (non-hydrogen) atoms. The summed E-state index contributed by atoms with van der Waals surface area (Å²) in [5.74, 6) is 0.311. The minimum atomic E-state index is -0.640. The average Bonchev–Trinajstić information content (AvgIpc) is 2.46. The first-order valence-corrected chi connectivity index (χ1v) is 7.24. The van der Waals surface area contributed by atoms with Gasteiger partial charge in [-0.15, -0.1) is 0 Å². The van der Waals surface area contributed by atoms with E-state index in [1.165, 1.54) is 11.1 Å². The molecule has 102 valence electrons. The van der Waals surface area contributed by atoms with Gasteiger partial charge in [-0.1, -0.05) is 25.0 Å². The van der Waals surface area contributed by atoms with Crippen LogP contribution in [0.2, 0.25) is 0 Å². The van der Waals surface area contributed by atoms with Crippen molar-refractivity contribution in [1.29, 1.82) is 0 Å².